The molecule has 0 aliphatic carbocycles. The highest BCUT2D eigenvalue weighted by Gasteiger charge is 2.07. The molecule has 0 atom stereocenters. The number of hydrogen-bond donors (Lipinski definition) is 0. The van der Waals surface area contributed by atoms with Crippen LogP contribution in [0.25, 0.3) is 11.1 Å². The van der Waals surface area contributed by atoms with Gasteiger partial charge in [0.1, 0.15) is 0 Å². The van der Waals surface area contributed by atoms with Crippen molar-refractivity contribution in [3.63, 3.8) is 0 Å². The Balaban J connectivity index is 1.43. The van der Waals surface area contributed by atoms with Crippen LogP contribution in [0.3, 0.4) is 0 Å². The molecule has 138 valence electrons. The highest BCUT2D eigenvalue weighted by molar-refractivity contribution is 9.10. The Bertz CT molecular complexity index is 951. The van der Waals surface area contributed by atoms with E-state index in [9.17, 15) is 0 Å². The van der Waals surface area contributed by atoms with E-state index in [1.54, 1.807) is 0 Å². The van der Waals surface area contributed by atoms with Gasteiger partial charge in [0.25, 0.3) is 0 Å². The molecule has 0 saturated heterocycles. The van der Waals surface area contributed by atoms with E-state index < -0.39 is 0 Å². The molecule has 4 rings (SSSR count). The van der Waals surface area contributed by atoms with E-state index in [1.165, 1.54) is 22.3 Å². The van der Waals surface area contributed by atoms with Crippen LogP contribution in [0.2, 0.25) is 0 Å². The third-order valence-corrected chi connectivity index (χ3v) is 5.73. The first-order valence-electron chi connectivity index (χ1n) is 9.13. The summed E-state index contributed by atoms with van der Waals surface area (Å²) in [6.07, 6.45) is 8.56. The van der Waals surface area contributed by atoms with Crippen LogP contribution in [0, 0.1) is 0 Å². The van der Waals surface area contributed by atoms with Gasteiger partial charge in [-0.05, 0) is 35.4 Å². The molecule has 2 heterocycles. The van der Waals surface area contributed by atoms with E-state index >= 15 is 0 Å². The van der Waals surface area contributed by atoms with Gasteiger partial charge in [0.05, 0.1) is 0 Å². The average molecular weight is 496 g/mol. The van der Waals surface area contributed by atoms with Gasteiger partial charge in [0.2, 0.25) is 0 Å². The Morgan fingerprint density at radius 2 is 0.786 bits per heavy atom. The second-order valence-electron chi connectivity index (χ2n) is 6.77. The summed E-state index contributed by atoms with van der Waals surface area (Å²) in [5.74, 6) is 0. The van der Waals surface area contributed by atoms with Gasteiger partial charge >= 0.3 is 0 Å². The van der Waals surface area contributed by atoms with Crippen molar-refractivity contribution in [2.45, 2.75) is 13.1 Å². The fraction of sp³-hybridized carbons (Fsp3) is 0.0833. The largest absolute Gasteiger partial charge is 0.201 e. The van der Waals surface area contributed by atoms with E-state index in [0.29, 0.717) is 0 Å². The van der Waals surface area contributed by atoms with Gasteiger partial charge in [-0.25, -0.2) is 9.13 Å². The van der Waals surface area contributed by atoms with Crippen molar-refractivity contribution in [3.05, 3.63) is 118 Å². The molecular formula is C24H20Br2N2+2. The number of hydrogen-bond acceptors (Lipinski definition) is 0. The first-order valence-corrected chi connectivity index (χ1v) is 10.7. The smallest absolute Gasteiger partial charge is 0.173 e. The fourth-order valence-electron chi connectivity index (χ4n) is 3.11. The highest BCUT2D eigenvalue weighted by Crippen LogP contribution is 2.16. The lowest BCUT2D eigenvalue weighted by atomic mass is 10.1. The number of nitrogens with zero attached hydrogens (tertiary/aromatic N) is 2. The summed E-state index contributed by atoms with van der Waals surface area (Å²) in [6.45, 7) is 1.74. The predicted octanol–water partition coefficient (Wildman–Crippen LogP) is 5.55. The number of aromatic nitrogens is 2. The van der Waals surface area contributed by atoms with Crippen LogP contribution in [0.15, 0.2) is 107 Å². The van der Waals surface area contributed by atoms with Crippen molar-refractivity contribution in [2.24, 2.45) is 0 Å². The van der Waals surface area contributed by atoms with Gasteiger partial charge in [-0.3, -0.25) is 0 Å². The van der Waals surface area contributed by atoms with Gasteiger partial charge in [-0.15, -0.1) is 0 Å². The lowest BCUT2D eigenvalue weighted by Gasteiger charge is -2.03. The van der Waals surface area contributed by atoms with Crippen LogP contribution in [-0.2, 0) is 13.1 Å². The van der Waals surface area contributed by atoms with Gasteiger partial charge < -0.3 is 0 Å². The van der Waals surface area contributed by atoms with Crippen molar-refractivity contribution >= 4 is 31.9 Å². The topological polar surface area (TPSA) is 7.76 Å². The van der Waals surface area contributed by atoms with Crippen LogP contribution in [0.4, 0.5) is 0 Å². The molecule has 0 amide bonds. The van der Waals surface area contributed by atoms with Gasteiger partial charge in [0.15, 0.2) is 37.9 Å². The van der Waals surface area contributed by atoms with Crippen LogP contribution in [0.5, 0.6) is 0 Å². The third kappa shape index (κ3) is 4.94. The lowest BCUT2D eigenvalue weighted by Crippen LogP contribution is -2.33. The molecule has 2 nitrogen and oxygen atoms in total. The van der Waals surface area contributed by atoms with Crippen molar-refractivity contribution in [1.29, 1.82) is 0 Å². The van der Waals surface area contributed by atoms with Crippen molar-refractivity contribution in [3.8, 4) is 11.1 Å². The van der Waals surface area contributed by atoms with Gasteiger partial charge in [-0.2, -0.15) is 0 Å². The molecule has 0 fully saturated rings. The monoisotopic (exact) mass is 494 g/mol. The van der Waals surface area contributed by atoms with E-state index in [4.69, 9.17) is 0 Å². The maximum Gasteiger partial charge on any atom is 0.173 e. The summed E-state index contributed by atoms with van der Waals surface area (Å²) in [5, 5.41) is 0. The third-order valence-electron chi connectivity index (χ3n) is 4.67. The molecule has 0 aliphatic heterocycles. The van der Waals surface area contributed by atoms with Crippen molar-refractivity contribution in [1.82, 2.24) is 0 Å². The lowest BCUT2D eigenvalue weighted by molar-refractivity contribution is -0.688. The van der Waals surface area contributed by atoms with Gasteiger partial charge in [0, 0.05) is 44.3 Å². The average Bonchev–Trinajstić information content (AvgIpc) is 2.73. The Labute approximate surface area is 182 Å². The SMILES string of the molecule is Brc1ccc(C[n+]2ccc(-c3cc[n+](Cc4ccc(Br)cc4)cc3)cc2)cc1. The zero-order valence-electron chi connectivity index (χ0n) is 15.3. The van der Waals surface area contributed by atoms with Gasteiger partial charge in [-0.1, -0.05) is 56.1 Å². The predicted molar refractivity (Wildman–Crippen MR) is 119 cm³/mol. The number of halogens is 2. The normalized spacial score (nSPS) is 10.8. The Kier molecular flexibility index (Phi) is 5.98. The molecule has 0 bridgehead atoms. The number of benzene rings is 2. The summed E-state index contributed by atoms with van der Waals surface area (Å²) >= 11 is 6.96. The summed E-state index contributed by atoms with van der Waals surface area (Å²) in [5.41, 5.74) is 5.02. The summed E-state index contributed by atoms with van der Waals surface area (Å²) in [4.78, 5) is 0. The van der Waals surface area contributed by atoms with E-state index in [-0.39, 0.29) is 0 Å². The molecule has 0 saturated carbocycles. The number of rotatable bonds is 5. The van der Waals surface area contributed by atoms with E-state index in [2.05, 4.69) is 139 Å². The summed E-state index contributed by atoms with van der Waals surface area (Å²) < 4.78 is 6.61. The maximum absolute atomic E-state index is 3.48. The first kappa shape index (κ1) is 19.0. The van der Waals surface area contributed by atoms with Crippen LogP contribution >= 0.6 is 31.9 Å². The second-order valence-corrected chi connectivity index (χ2v) is 8.60. The van der Waals surface area contributed by atoms with Crippen LogP contribution in [-0.4, -0.2) is 0 Å². The minimum Gasteiger partial charge on any atom is -0.201 e. The highest BCUT2D eigenvalue weighted by atomic mass is 79.9. The Hall–Kier alpha value is -2.30. The minimum absolute atomic E-state index is 0.871. The summed E-state index contributed by atoms with van der Waals surface area (Å²) in [6, 6.07) is 25.6. The van der Waals surface area contributed by atoms with Crippen LogP contribution in [0.1, 0.15) is 11.1 Å². The molecule has 0 N–H and O–H groups in total. The molecule has 28 heavy (non-hydrogen) atoms. The minimum atomic E-state index is 0.871. The fourth-order valence-corrected chi connectivity index (χ4v) is 3.64. The van der Waals surface area contributed by atoms with Crippen molar-refractivity contribution in [2.75, 3.05) is 0 Å². The van der Waals surface area contributed by atoms with Crippen molar-refractivity contribution < 1.29 is 9.13 Å². The Morgan fingerprint density at radius 3 is 1.11 bits per heavy atom. The van der Waals surface area contributed by atoms with Crippen LogP contribution < -0.4 is 9.13 Å². The van der Waals surface area contributed by atoms with E-state index in [0.717, 1.165) is 22.0 Å². The first-order chi connectivity index (χ1) is 13.7. The quantitative estimate of drug-likeness (QED) is 0.320. The summed E-state index contributed by atoms with van der Waals surface area (Å²) in [7, 11) is 0. The maximum atomic E-state index is 3.48. The molecule has 0 spiro atoms. The molecular weight excluding hydrogens is 476 g/mol. The number of pyridine rings is 2. The Morgan fingerprint density at radius 1 is 0.464 bits per heavy atom. The standard InChI is InChI=1S/C24H20Br2N2/c25-23-5-1-19(2-6-23)17-27-13-9-21(10-14-27)22-11-15-28(16-12-22)18-20-3-7-24(26)8-4-20/h1-16H,17-18H2/q+2. The molecule has 4 aromatic rings. The second kappa shape index (κ2) is 8.80. The molecule has 2 aromatic heterocycles. The molecule has 0 aliphatic rings. The zero-order valence-corrected chi connectivity index (χ0v) is 18.5. The van der Waals surface area contributed by atoms with E-state index in [1.807, 2.05) is 0 Å². The molecule has 0 unspecified atom stereocenters. The molecule has 0 radical (unpaired) electrons. The zero-order chi connectivity index (χ0) is 19.3. The molecule has 2 aromatic carbocycles. The molecule has 4 heteroatoms.